The van der Waals surface area contributed by atoms with Crippen molar-refractivity contribution in [2.24, 2.45) is 0 Å². The summed E-state index contributed by atoms with van der Waals surface area (Å²) in [6.45, 7) is 3.19. The first-order chi connectivity index (χ1) is 13.0. The zero-order valence-electron chi connectivity index (χ0n) is 16.6. The van der Waals surface area contributed by atoms with Gasteiger partial charge in [0.05, 0.1) is 25.8 Å². The first-order valence-corrected chi connectivity index (χ1v) is 8.85. The molecule has 0 heterocycles. The molecule has 2 aromatic rings. The number of para-hydroxylation sites is 1. The van der Waals surface area contributed by atoms with E-state index in [-0.39, 0.29) is 11.9 Å². The van der Waals surface area contributed by atoms with Gasteiger partial charge in [0, 0.05) is 12.1 Å². The second-order valence-electron chi connectivity index (χ2n) is 6.45. The summed E-state index contributed by atoms with van der Waals surface area (Å²) in [5.41, 5.74) is 1.35. The Bertz CT molecular complexity index is 762. The maximum atomic E-state index is 12.8. The molecular formula is C21H28N2O4. The second-order valence-corrected chi connectivity index (χ2v) is 6.45. The molecule has 0 saturated heterocycles. The van der Waals surface area contributed by atoms with E-state index < -0.39 is 0 Å². The van der Waals surface area contributed by atoms with E-state index in [9.17, 15) is 4.79 Å². The van der Waals surface area contributed by atoms with Gasteiger partial charge in [-0.05, 0) is 51.4 Å². The van der Waals surface area contributed by atoms with Gasteiger partial charge in [-0.15, -0.1) is 0 Å². The molecule has 0 aliphatic carbocycles. The quantitative estimate of drug-likeness (QED) is 0.733. The van der Waals surface area contributed by atoms with E-state index in [2.05, 4.69) is 5.32 Å². The zero-order chi connectivity index (χ0) is 19.8. The summed E-state index contributed by atoms with van der Waals surface area (Å²) in [6.07, 6.45) is 0. The molecule has 146 valence electrons. The number of methoxy groups -OCH3 is 2. The topological polar surface area (TPSA) is 60.0 Å². The van der Waals surface area contributed by atoms with Crippen LogP contribution in [0.25, 0.3) is 0 Å². The summed E-state index contributed by atoms with van der Waals surface area (Å²) in [6, 6.07) is 12.5. The first kappa shape index (κ1) is 20.6. The van der Waals surface area contributed by atoms with Crippen LogP contribution in [0.5, 0.6) is 17.2 Å². The fraction of sp³-hybridized carbons (Fsp3) is 0.381. The van der Waals surface area contributed by atoms with Gasteiger partial charge in [-0.3, -0.25) is 4.79 Å². The molecule has 1 amide bonds. The van der Waals surface area contributed by atoms with Gasteiger partial charge < -0.3 is 24.4 Å². The summed E-state index contributed by atoms with van der Waals surface area (Å²) in [4.78, 5) is 14.9. The van der Waals surface area contributed by atoms with Crippen molar-refractivity contribution in [3.05, 3.63) is 53.6 Å². The lowest BCUT2D eigenvalue weighted by Crippen LogP contribution is -2.28. The van der Waals surface area contributed by atoms with Crippen LogP contribution < -0.4 is 19.5 Å². The zero-order valence-corrected chi connectivity index (χ0v) is 16.6. The van der Waals surface area contributed by atoms with E-state index >= 15 is 0 Å². The molecule has 2 aromatic carbocycles. The number of benzene rings is 2. The molecule has 0 saturated carbocycles. The molecule has 27 heavy (non-hydrogen) atoms. The van der Waals surface area contributed by atoms with Crippen LogP contribution >= 0.6 is 0 Å². The number of rotatable bonds is 9. The van der Waals surface area contributed by atoms with Crippen molar-refractivity contribution in [3.63, 3.8) is 0 Å². The molecule has 0 aliphatic rings. The van der Waals surface area contributed by atoms with Gasteiger partial charge in [0.25, 0.3) is 5.91 Å². The van der Waals surface area contributed by atoms with Crippen LogP contribution in [0.2, 0.25) is 0 Å². The summed E-state index contributed by atoms with van der Waals surface area (Å²) in [5, 5.41) is 3.01. The van der Waals surface area contributed by atoms with Crippen molar-refractivity contribution in [1.82, 2.24) is 10.2 Å². The van der Waals surface area contributed by atoms with Crippen LogP contribution in [0.1, 0.15) is 28.9 Å². The van der Waals surface area contributed by atoms with Gasteiger partial charge >= 0.3 is 0 Å². The van der Waals surface area contributed by atoms with Crippen LogP contribution in [-0.2, 0) is 0 Å². The molecule has 1 unspecified atom stereocenters. The van der Waals surface area contributed by atoms with Gasteiger partial charge in [-0.2, -0.15) is 0 Å². The van der Waals surface area contributed by atoms with Crippen LogP contribution in [0.4, 0.5) is 0 Å². The van der Waals surface area contributed by atoms with Crippen molar-refractivity contribution in [2.75, 3.05) is 41.5 Å². The smallest absolute Gasteiger partial charge is 0.255 e. The number of amides is 1. The summed E-state index contributed by atoms with van der Waals surface area (Å²) in [7, 11) is 7.17. The second kappa shape index (κ2) is 9.83. The van der Waals surface area contributed by atoms with Gasteiger partial charge in [-0.1, -0.05) is 12.1 Å². The molecule has 6 nitrogen and oxygen atoms in total. The van der Waals surface area contributed by atoms with Crippen molar-refractivity contribution < 1.29 is 19.0 Å². The molecule has 0 radical (unpaired) electrons. The number of nitrogens with zero attached hydrogens (tertiary/aromatic N) is 1. The predicted octanol–water partition coefficient (Wildman–Crippen LogP) is 3.14. The van der Waals surface area contributed by atoms with Crippen LogP contribution in [-0.4, -0.2) is 52.3 Å². The number of ether oxygens (including phenoxy) is 3. The van der Waals surface area contributed by atoms with Crippen molar-refractivity contribution in [3.8, 4) is 17.2 Å². The van der Waals surface area contributed by atoms with E-state index in [1.165, 1.54) is 0 Å². The number of hydrogen-bond acceptors (Lipinski definition) is 5. The SMILES string of the molecule is COc1ccc(OC)c(C(C)NC(=O)c2ccccc2OCCN(C)C)c1. The van der Waals surface area contributed by atoms with Gasteiger partial charge in [0.1, 0.15) is 23.9 Å². The van der Waals surface area contributed by atoms with E-state index in [1.807, 2.05) is 56.3 Å². The number of carbonyl (C=O) groups excluding carboxylic acids is 1. The molecule has 0 spiro atoms. The number of carbonyl (C=O) groups is 1. The molecule has 0 aromatic heterocycles. The molecule has 0 bridgehead atoms. The Labute approximate surface area is 161 Å². The Morgan fingerprint density at radius 1 is 1.07 bits per heavy atom. The number of hydrogen-bond donors (Lipinski definition) is 1. The van der Waals surface area contributed by atoms with Crippen molar-refractivity contribution in [1.29, 1.82) is 0 Å². The Balaban J connectivity index is 2.15. The highest BCUT2D eigenvalue weighted by atomic mass is 16.5. The fourth-order valence-electron chi connectivity index (χ4n) is 2.65. The van der Waals surface area contributed by atoms with Crippen LogP contribution in [0.3, 0.4) is 0 Å². The van der Waals surface area contributed by atoms with Gasteiger partial charge in [-0.25, -0.2) is 0 Å². The fourth-order valence-corrected chi connectivity index (χ4v) is 2.65. The highest BCUT2D eigenvalue weighted by Gasteiger charge is 2.18. The predicted molar refractivity (Wildman–Crippen MR) is 106 cm³/mol. The minimum Gasteiger partial charge on any atom is -0.497 e. The minimum absolute atomic E-state index is 0.201. The summed E-state index contributed by atoms with van der Waals surface area (Å²) in [5.74, 6) is 1.77. The standard InChI is InChI=1S/C21H28N2O4/c1-15(18-14-16(25-4)10-11-19(18)26-5)22-21(24)17-8-6-7-9-20(17)27-13-12-23(2)3/h6-11,14-15H,12-13H2,1-5H3,(H,22,24). The van der Waals surface area contributed by atoms with Crippen molar-refractivity contribution >= 4 is 5.91 Å². The number of nitrogens with one attached hydrogen (secondary N) is 1. The molecule has 0 aliphatic heterocycles. The van der Waals surface area contributed by atoms with Gasteiger partial charge in [0.2, 0.25) is 0 Å². The monoisotopic (exact) mass is 372 g/mol. The molecule has 1 N–H and O–H groups in total. The maximum Gasteiger partial charge on any atom is 0.255 e. The lowest BCUT2D eigenvalue weighted by molar-refractivity contribution is 0.0935. The molecule has 0 fully saturated rings. The molecule has 2 rings (SSSR count). The van der Waals surface area contributed by atoms with E-state index in [1.54, 1.807) is 26.4 Å². The first-order valence-electron chi connectivity index (χ1n) is 8.85. The van der Waals surface area contributed by atoms with Gasteiger partial charge in [0.15, 0.2) is 0 Å². The Kier molecular flexibility index (Phi) is 7.49. The summed E-state index contributed by atoms with van der Waals surface area (Å²) < 4.78 is 16.5. The normalized spacial score (nSPS) is 11.8. The Hall–Kier alpha value is -2.73. The Morgan fingerprint density at radius 3 is 2.48 bits per heavy atom. The molecule has 1 atom stereocenters. The Morgan fingerprint density at radius 2 is 1.81 bits per heavy atom. The van der Waals surface area contributed by atoms with Crippen LogP contribution in [0.15, 0.2) is 42.5 Å². The highest BCUT2D eigenvalue weighted by Crippen LogP contribution is 2.29. The highest BCUT2D eigenvalue weighted by molar-refractivity contribution is 5.97. The maximum absolute atomic E-state index is 12.8. The number of likely N-dealkylation sites (N-methyl/N-ethyl adjacent to an activating group) is 1. The van der Waals surface area contributed by atoms with E-state index in [0.717, 1.165) is 12.1 Å². The third-order valence-corrected chi connectivity index (χ3v) is 4.18. The third kappa shape index (κ3) is 5.62. The molecular weight excluding hydrogens is 344 g/mol. The lowest BCUT2D eigenvalue weighted by Gasteiger charge is -2.19. The average molecular weight is 372 g/mol. The van der Waals surface area contributed by atoms with E-state index in [0.29, 0.717) is 29.4 Å². The van der Waals surface area contributed by atoms with Crippen LogP contribution in [0, 0.1) is 0 Å². The van der Waals surface area contributed by atoms with Crippen molar-refractivity contribution in [2.45, 2.75) is 13.0 Å². The minimum atomic E-state index is -0.266. The average Bonchev–Trinajstić information content (AvgIpc) is 2.67. The molecule has 6 heteroatoms. The summed E-state index contributed by atoms with van der Waals surface area (Å²) >= 11 is 0. The largest absolute Gasteiger partial charge is 0.497 e. The lowest BCUT2D eigenvalue weighted by atomic mass is 10.1. The third-order valence-electron chi connectivity index (χ3n) is 4.18. The van der Waals surface area contributed by atoms with E-state index in [4.69, 9.17) is 14.2 Å².